The molecule has 26 heavy (non-hydrogen) atoms. The smallest absolute Gasteiger partial charge is 0.275 e. The fourth-order valence-electron chi connectivity index (χ4n) is 2.57. The van der Waals surface area contributed by atoms with E-state index >= 15 is 0 Å². The van der Waals surface area contributed by atoms with Crippen molar-refractivity contribution in [1.82, 2.24) is 9.78 Å². The average molecular weight is 352 g/mol. The molecule has 132 valence electrons. The number of rotatable bonds is 5. The van der Waals surface area contributed by atoms with Gasteiger partial charge in [0.15, 0.2) is 0 Å². The van der Waals surface area contributed by atoms with Crippen molar-refractivity contribution in [2.24, 2.45) is 0 Å². The van der Waals surface area contributed by atoms with Gasteiger partial charge < -0.3 is 20.0 Å². The van der Waals surface area contributed by atoms with Gasteiger partial charge in [0.1, 0.15) is 18.0 Å². The highest BCUT2D eigenvalue weighted by Gasteiger charge is 2.14. The zero-order chi connectivity index (χ0) is 18.7. The normalized spacial score (nSPS) is 10.5. The number of amides is 1. The molecule has 3 aromatic rings. The number of hydrogen-bond acceptors (Lipinski definition) is 6. The maximum absolute atomic E-state index is 12.5. The third-order valence-electron chi connectivity index (χ3n) is 3.74. The summed E-state index contributed by atoms with van der Waals surface area (Å²) >= 11 is 0. The van der Waals surface area contributed by atoms with Gasteiger partial charge in [-0.2, -0.15) is 5.10 Å². The topological polar surface area (TPSA) is 113 Å². The largest absolute Gasteiger partial charge is 0.543 e. The number of methoxy groups -OCH3 is 1. The summed E-state index contributed by atoms with van der Waals surface area (Å²) in [5.74, 6) is -1.63. The molecule has 0 atom stereocenters. The lowest BCUT2D eigenvalue weighted by atomic mass is 10.1. The molecular formula is C18H14N3O5-. The number of carbonyl (C=O) groups is 2. The van der Waals surface area contributed by atoms with Crippen molar-refractivity contribution in [3.05, 3.63) is 64.6 Å². The minimum Gasteiger partial charge on any atom is -0.543 e. The molecule has 0 aliphatic heterocycles. The van der Waals surface area contributed by atoms with E-state index in [1.807, 2.05) is 0 Å². The van der Waals surface area contributed by atoms with Gasteiger partial charge in [-0.05, 0) is 18.2 Å². The van der Waals surface area contributed by atoms with Crippen LogP contribution in [0.1, 0.15) is 10.5 Å². The molecule has 1 amide bonds. The minimum atomic E-state index is -1.53. The van der Waals surface area contributed by atoms with Gasteiger partial charge in [0, 0.05) is 5.39 Å². The summed E-state index contributed by atoms with van der Waals surface area (Å²) in [6, 6.07) is 12.9. The monoisotopic (exact) mass is 352 g/mol. The Balaban J connectivity index is 1.96. The number of nitrogens with one attached hydrogen (secondary N) is 1. The quantitative estimate of drug-likeness (QED) is 0.711. The van der Waals surface area contributed by atoms with Crippen LogP contribution < -0.4 is 20.7 Å². The van der Waals surface area contributed by atoms with Crippen molar-refractivity contribution < 1.29 is 19.4 Å². The molecular weight excluding hydrogens is 338 g/mol. The first-order valence-electron chi connectivity index (χ1n) is 7.65. The van der Waals surface area contributed by atoms with Crippen molar-refractivity contribution in [1.29, 1.82) is 0 Å². The number of ether oxygens (including phenoxy) is 1. The first-order valence-corrected chi connectivity index (χ1v) is 7.65. The molecule has 1 aromatic heterocycles. The summed E-state index contributed by atoms with van der Waals surface area (Å²) < 4.78 is 5.95. The Bertz CT molecular complexity index is 1060. The zero-order valence-electron chi connectivity index (χ0n) is 13.8. The van der Waals surface area contributed by atoms with Crippen LogP contribution in [0.3, 0.4) is 0 Å². The molecule has 1 heterocycles. The van der Waals surface area contributed by atoms with Crippen molar-refractivity contribution in [2.75, 3.05) is 12.4 Å². The molecule has 0 fully saturated rings. The second-order valence-corrected chi connectivity index (χ2v) is 5.39. The van der Waals surface area contributed by atoms with Crippen LogP contribution in [0.4, 0.5) is 5.69 Å². The summed E-state index contributed by atoms with van der Waals surface area (Å²) in [6.07, 6.45) is 0. The Hall–Kier alpha value is -3.68. The molecule has 8 heteroatoms. The number of aromatic nitrogens is 2. The molecule has 0 saturated heterocycles. The highest BCUT2D eigenvalue weighted by atomic mass is 16.5. The summed E-state index contributed by atoms with van der Waals surface area (Å²) in [4.78, 5) is 36.1. The van der Waals surface area contributed by atoms with Crippen LogP contribution in [0.25, 0.3) is 10.8 Å². The lowest BCUT2D eigenvalue weighted by Gasteiger charge is -2.13. The molecule has 8 nitrogen and oxygen atoms in total. The maximum atomic E-state index is 12.5. The van der Waals surface area contributed by atoms with Crippen LogP contribution in [-0.4, -0.2) is 28.8 Å². The Morgan fingerprint density at radius 3 is 2.46 bits per heavy atom. The number of carboxylic acids is 1. The maximum Gasteiger partial charge on any atom is 0.275 e. The van der Waals surface area contributed by atoms with Crippen molar-refractivity contribution in [3.8, 4) is 5.75 Å². The highest BCUT2D eigenvalue weighted by Crippen LogP contribution is 2.22. The van der Waals surface area contributed by atoms with Crippen molar-refractivity contribution in [2.45, 2.75) is 6.54 Å². The van der Waals surface area contributed by atoms with Gasteiger partial charge in [-0.15, -0.1) is 0 Å². The van der Waals surface area contributed by atoms with E-state index < -0.39 is 29.7 Å². The Labute approximate surface area is 147 Å². The second-order valence-electron chi connectivity index (χ2n) is 5.39. The van der Waals surface area contributed by atoms with Gasteiger partial charge in [-0.25, -0.2) is 4.68 Å². The zero-order valence-corrected chi connectivity index (χ0v) is 13.8. The number of carbonyl (C=O) groups excluding carboxylic acids is 2. The predicted molar refractivity (Wildman–Crippen MR) is 92.0 cm³/mol. The average Bonchev–Trinajstić information content (AvgIpc) is 2.64. The van der Waals surface area contributed by atoms with Gasteiger partial charge in [-0.3, -0.25) is 9.59 Å². The Kier molecular flexibility index (Phi) is 4.66. The van der Waals surface area contributed by atoms with Crippen LogP contribution in [0.15, 0.2) is 53.3 Å². The first kappa shape index (κ1) is 17.2. The number of anilines is 1. The lowest BCUT2D eigenvalue weighted by molar-refractivity contribution is -0.255. The van der Waals surface area contributed by atoms with Crippen LogP contribution in [0.5, 0.6) is 5.75 Å². The summed E-state index contributed by atoms with van der Waals surface area (Å²) in [5, 5.41) is 18.0. The molecule has 0 spiro atoms. The number of carboxylic acid groups (broad SMARTS) is 1. The van der Waals surface area contributed by atoms with Gasteiger partial charge >= 0.3 is 0 Å². The molecule has 0 saturated carbocycles. The van der Waals surface area contributed by atoms with Crippen LogP contribution >= 0.6 is 0 Å². The van der Waals surface area contributed by atoms with Gasteiger partial charge in [0.25, 0.3) is 5.56 Å². The van der Waals surface area contributed by atoms with Gasteiger partial charge in [0.2, 0.25) is 5.91 Å². The number of fused-ring (bicyclic) bond motifs is 1. The van der Waals surface area contributed by atoms with E-state index in [9.17, 15) is 19.5 Å². The second kappa shape index (κ2) is 7.06. The molecule has 1 N–H and O–H groups in total. The molecule has 0 unspecified atom stereocenters. The van der Waals surface area contributed by atoms with E-state index in [4.69, 9.17) is 4.74 Å². The fourth-order valence-corrected chi connectivity index (χ4v) is 2.57. The van der Waals surface area contributed by atoms with Gasteiger partial charge in [0.05, 0.1) is 24.2 Å². The predicted octanol–water partition coefficient (Wildman–Crippen LogP) is 0.407. The van der Waals surface area contributed by atoms with E-state index in [2.05, 4.69) is 10.4 Å². The van der Waals surface area contributed by atoms with E-state index in [-0.39, 0.29) is 10.8 Å². The number of aromatic carboxylic acids is 1. The number of benzene rings is 2. The van der Waals surface area contributed by atoms with E-state index in [1.54, 1.807) is 36.4 Å². The first-order chi connectivity index (χ1) is 12.5. The number of nitrogens with zero attached hydrogens (tertiary/aromatic N) is 2. The summed E-state index contributed by atoms with van der Waals surface area (Å²) in [6.45, 7) is -0.456. The van der Waals surface area contributed by atoms with Crippen molar-refractivity contribution >= 4 is 28.3 Å². The molecule has 0 aliphatic rings. The Morgan fingerprint density at radius 1 is 1.12 bits per heavy atom. The van der Waals surface area contributed by atoms with E-state index in [0.29, 0.717) is 11.4 Å². The number of hydrogen-bond donors (Lipinski definition) is 1. The van der Waals surface area contributed by atoms with Gasteiger partial charge in [-0.1, -0.05) is 30.3 Å². The van der Waals surface area contributed by atoms with Crippen LogP contribution in [0.2, 0.25) is 0 Å². The minimum absolute atomic E-state index is 0.145. The standard InChI is InChI=1S/C18H15N3O5/c1-26-14-9-5-4-8-13(14)19-15(22)10-21-17(23)12-7-3-2-6-11(12)16(20-21)18(24)25/h2-9H,10H2,1H3,(H,19,22)(H,24,25)/p-1. The molecule has 2 aromatic carbocycles. The SMILES string of the molecule is COc1ccccc1NC(=O)Cn1nc(C(=O)[O-])c2ccccc2c1=O. The molecule has 0 bridgehead atoms. The highest BCUT2D eigenvalue weighted by molar-refractivity contribution is 6.00. The van der Waals surface area contributed by atoms with Crippen LogP contribution in [-0.2, 0) is 11.3 Å². The van der Waals surface area contributed by atoms with Crippen molar-refractivity contribution in [3.63, 3.8) is 0 Å². The molecule has 0 aliphatic carbocycles. The van der Waals surface area contributed by atoms with E-state index in [1.165, 1.54) is 19.2 Å². The number of para-hydroxylation sites is 2. The van der Waals surface area contributed by atoms with E-state index in [0.717, 1.165) is 4.68 Å². The lowest BCUT2D eigenvalue weighted by Crippen LogP contribution is -2.34. The summed E-state index contributed by atoms with van der Waals surface area (Å²) in [7, 11) is 1.46. The summed E-state index contributed by atoms with van der Waals surface area (Å²) in [5.41, 5.74) is -0.542. The molecule has 3 rings (SSSR count). The Morgan fingerprint density at radius 2 is 1.77 bits per heavy atom. The van der Waals surface area contributed by atoms with Crippen LogP contribution in [0, 0.1) is 0 Å². The fraction of sp³-hybridized carbons (Fsp3) is 0.111. The third kappa shape index (κ3) is 3.25. The molecule has 0 radical (unpaired) electrons. The third-order valence-corrected chi connectivity index (χ3v) is 3.74.